The molecule has 2 N–H and O–H groups in total. The number of benzene rings is 2. The number of rotatable bonds is 9. The van der Waals surface area contributed by atoms with Crippen LogP contribution < -0.4 is 10.0 Å². The van der Waals surface area contributed by atoms with Crippen LogP contribution in [0.5, 0.6) is 0 Å². The molecule has 2 aromatic carbocycles. The second-order valence-corrected chi connectivity index (χ2v) is 10.7. The molecule has 0 unspecified atom stereocenters. The molecular formula is C28H30N4O6S. The molecule has 0 atom stereocenters. The number of aromatic nitrogens is 2. The quantitative estimate of drug-likeness (QED) is 0.281. The van der Waals surface area contributed by atoms with Crippen molar-refractivity contribution in [1.29, 1.82) is 0 Å². The van der Waals surface area contributed by atoms with E-state index in [9.17, 15) is 18.0 Å². The Kier molecular flexibility index (Phi) is 7.91. The molecule has 0 saturated heterocycles. The van der Waals surface area contributed by atoms with Gasteiger partial charge in [0.2, 0.25) is 5.88 Å². The van der Waals surface area contributed by atoms with E-state index in [4.69, 9.17) is 9.26 Å². The van der Waals surface area contributed by atoms with Crippen molar-refractivity contribution in [2.45, 2.75) is 46.1 Å². The Morgan fingerprint density at radius 3 is 2.23 bits per heavy atom. The van der Waals surface area contributed by atoms with Crippen LogP contribution in [0.25, 0.3) is 0 Å². The van der Waals surface area contributed by atoms with Gasteiger partial charge >= 0.3 is 5.97 Å². The van der Waals surface area contributed by atoms with Gasteiger partial charge < -0.3 is 19.1 Å². The van der Waals surface area contributed by atoms with E-state index in [0.717, 1.165) is 5.56 Å². The molecular weight excluding hydrogens is 520 g/mol. The zero-order valence-corrected chi connectivity index (χ0v) is 23.2. The number of carbonyl (C=O) groups is 2. The van der Waals surface area contributed by atoms with E-state index in [1.807, 2.05) is 30.3 Å². The second-order valence-electron chi connectivity index (χ2n) is 9.03. The summed E-state index contributed by atoms with van der Waals surface area (Å²) in [5, 5.41) is 6.56. The first-order chi connectivity index (χ1) is 18.5. The van der Waals surface area contributed by atoms with Crippen molar-refractivity contribution in [3.63, 3.8) is 0 Å². The number of amides is 1. The van der Waals surface area contributed by atoms with Gasteiger partial charge in [0.25, 0.3) is 15.9 Å². The molecule has 0 bridgehead atoms. The Morgan fingerprint density at radius 1 is 0.974 bits per heavy atom. The Labute approximate surface area is 227 Å². The fourth-order valence-electron chi connectivity index (χ4n) is 4.26. The average molecular weight is 551 g/mol. The van der Waals surface area contributed by atoms with Crippen LogP contribution in [-0.2, 0) is 21.3 Å². The first-order valence-corrected chi connectivity index (χ1v) is 13.8. The summed E-state index contributed by atoms with van der Waals surface area (Å²) in [5.41, 5.74) is 4.30. The SMILES string of the molecule is CCOC(=O)c1c(C)c(C(=O)Nc2ccc(S(=O)(=O)Nc3onc(C)c3C)cc2)c(C)n1Cc1ccccc1. The highest BCUT2D eigenvalue weighted by Crippen LogP contribution is 2.27. The van der Waals surface area contributed by atoms with Crippen molar-refractivity contribution in [2.75, 3.05) is 16.6 Å². The molecule has 4 aromatic rings. The van der Waals surface area contributed by atoms with Crippen LogP contribution in [-0.4, -0.2) is 36.6 Å². The molecule has 39 heavy (non-hydrogen) atoms. The predicted molar refractivity (Wildman–Crippen MR) is 147 cm³/mol. The summed E-state index contributed by atoms with van der Waals surface area (Å²) in [5.74, 6) is -0.885. The number of aryl methyl sites for hydroxylation is 1. The Balaban J connectivity index is 1.59. The van der Waals surface area contributed by atoms with Gasteiger partial charge in [0.1, 0.15) is 5.69 Å². The maximum absolute atomic E-state index is 13.4. The molecule has 204 valence electrons. The lowest BCUT2D eigenvalue weighted by atomic mass is 10.1. The number of anilines is 2. The summed E-state index contributed by atoms with van der Waals surface area (Å²) in [6, 6.07) is 15.3. The van der Waals surface area contributed by atoms with Crippen molar-refractivity contribution in [3.8, 4) is 0 Å². The highest BCUT2D eigenvalue weighted by atomic mass is 32.2. The van der Waals surface area contributed by atoms with E-state index in [-0.39, 0.29) is 17.4 Å². The van der Waals surface area contributed by atoms with Gasteiger partial charge in [-0.2, -0.15) is 0 Å². The third-order valence-electron chi connectivity index (χ3n) is 6.45. The molecule has 0 fully saturated rings. The lowest BCUT2D eigenvalue weighted by Gasteiger charge is -2.12. The summed E-state index contributed by atoms with van der Waals surface area (Å²) in [6.07, 6.45) is 0. The fraction of sp³-hybridized carbons (Fsp3) is 0.250. The normalized spacial score (nSPS) is 11.3. The number of hydrogen-bond acceptors (Lipinski definition) is 7. The number of carbonyl (C=O) groups excluding carboxylic acids is 2. The van der Waals surface area contributed by atoms with Crippen molar-refractivity contribution < 1.29 is 27.3 Å². The molecule has 10 nitrogen and oxygen atoms in total. The Bertz CT molecular complexity index is 1620. The van der Waals surface area contributed by atoms with E-state index in [1.165, 1.54) is 24.3 Å². The standard InChI is InChI=1S/C28H30N4O6S/c1-6-37-28(34)25-18(3)24(20(5)32(25)16-21-10-8-7-9-11-21)26(33)29-22-12-14-23(15-13-22)39(35,36)31-27-17(2)19(4)30-38-27/h7-15,31H,6,16H2,1-5H3,(H,29,33). The van der Waals surface area contributed by atoms with Gasteiger partial charge in [-0.3, -0.25) is 4.79 Å². The lowest BCUT2D eigenvalue weighted by Crippen LogP contribution is -2.15. The number of ether oxygens (including phenoxy) is 1. The lowest BCUT2D eigenvalue weighted by molar-refractivity contribution is 0.0513. The number of nitrogens with one attached hydrogen (secondary N) is 2. The largest absolute Gasteiger partial charge is 0.461 e. The second kappa shape index (κ2) is 11.2. The van der Waals surface area contributed by atoms with Gasteiger partial charge in [-0.25, -0.2) is 17.9 Å². The van der Waals surface area contributed by atoms with E-state index < -0.39 is 21.9 Å². The zero-order valence-electron chi connectivity index (χ0n) is 22.4. The monoisotopic (exact) mass is 550 g/mol. The minimum Gasteiger partial charge on any atom is -0.461 e. The van der Waals surface area contributed by atoms with Crippen LogP contribution in [0.4, 0.5) is 11.6 Å². The maximum atomic E-state index is 13.4. The van der Waals surface area contributed by atoms with E-state index >= 15 is 0 Å². The van der Waals surface area contributed by atoms with Crippen LogP contribution >= 0.6 is 0 Å². The van der Waals surface area contributed by atoms with Crippen molar-refractivity contribution in [3.05, 3.63) is 93.9 Å². The van der Waals surface area contributed by atoms with E-state index in [2.05, 4.69) is 15.2 Å². The predicted octanol–water partition coefficient (Wildman–Crippen LogP) is 4.99. The minimum absolute atomic E-state index is 0.0140. The smallest absolute Gasteiger partial charge is 0.355 e. The number of sulfonamides is 1. The van der Waals surface area contributed by atoms with Crippen molar-refractivity contribution in [2.24, 2.45) is 0 Å². The number of nitrogens with zero attached hydrogens (tertiary/aromatic N) is 2. The maximum Gasteiger partial charge on any atom is 0.355 e. The van der Waals surface area contributed by atoms with Crippen LogP contribution in [0.2, 0.25) is 0 Å². The molecule has 2 aromatic heterocycles. The van der Waals surface area contributed by atoms with Gasteiger partial charge in [-0.05, 0) is 70.0 Å². The topological polar surface area (TPSA) is 133 Å². The molecule has 0 radical (unpaired) electrons. The molecule has 1 amide bonds. The molecule has 0 aliphatic rings. The zero-order chi connectivity index (χ0) is 28.3. The molecule has 11 heteroatoms. The molecule has 0 spiro atoms. The van der Waals surface area contributed by atoms with Crippen LogP contribution in [0.15, 0.2) is 64.0 Å². The Hall–Kier alpha value is -4.38. The third kappa shape index (κ3) is 5.73. The summed E-state index contributed by atoms with van der Waals surface area (Å²) < 4.78 is 40.1. The number of esters is 1. The first kappa shape index (κ1) is 27.6. The summed E-state index contributed by atoms with van der Waals surface area (Å²) in [7, 11) is -3.93. The fourth-order valence-corrected chi connectivity index (χ4v) is 5.31. The summed E-state index contributed by atoms with van der Waals surface area (Å²) >= 11 is 0. The average Bonchev–Trinajstić information content (AvgIpc) is 3.34. The Morgan fingerprint density at radius 2 is 1.64 bits per heavy atom. The van der Waals surface area contributed by atoms with Crippen molar-refractivity contribution in [1.82, 2.24) is 9.72 Å². The van der Waals surface area contributed by atoms with Crippen LogP contribution in [0, 0.1) is 27.7 Å². The van der Waals surface area contributed by atoms with Crippen molar-refractivity contribution >= 4 is 33.5 Å². The van der Waals surface area contributed by atoms with Gasteiger partial charge in [-0.15, -0.1) is 0 Å². The highest BCUT2D eigenvalue weighted by Gasteiger charge is 2.27. The van der Waals surface area contributed by atoms with Crippen LogP contribution in [0.3, 0.4) is 0 Å². The van der Waals surface area contributed by atoms with Gasteiger partial charge in [0.05, 0.1) is 22.8 Å². The van der Waals surface area contributed by atoms with Gasteiger partial charge in [-0.1, -0.05) is 35.5 Å². The summed E-state index contributed by atoms with van der Waals surface area (Å²) in [6.45, 7) is 9.22. The van der Waals surface area contributed by atoms with E-state index in [0.29, 0.717) is 46.0 Å². The molecule has 2 heterocycles. The van der Waals surface area contributed by atoms with Gasteiger partial charge in [0.15, 0.2) is 0 Å². The van der Waals surface area contributed by atoms with Crippen LogP contribution in [0.1, 0.15) is 55.8 Å². The summed E-state index contributed by atoms with van der Waals surface area (Å²) in [4.78, 5) is 26.2. The van der Waals surface area contributed by atoms with E-state index in [1.54, 1.807) is 39.2 Å². The molecule has 0 saturated carbocycles. The highest BCUT2D eigenvalue weighted by molar-refractivity contribution is 7.92. The molecule has 0 aliphatic carbocycles. The number of hydrogen-bond donors (Lipinski definition) is 2. The van der Waals surface area contributed by atoms with Gasteiger partial charge in [0, 0.05) is 23.5 Å². The molecule has 0 aliphatic heterocycles. The first-order valence-electron chi connectivity index (χ1n) is 12.3. The molecule has 4 rings (SSSR count). The minimum atomic E-state index is -3.93. The third-order valence-corrected chi connectivity index (χ3v) is 7.80.